The molecule has 0 atom stereocenters. The van der Waals surface area contributed by atoms with Crippen molar-refractivity contribution in [3.05, 3.63) is 89.0 Å². The molecule has 31 heavy (non-hydrogen) atoms. The molecule has 0 saturated heterocycles. The Kier molecular flexibility index (Phi) is 7.85. The van der Waals surface area contributed by atoms with Gasteiger partial charge in [-0.3, -0.25) is 4.79 Å². The van der Waals surface area contributed by atoms with E-state index in [0.717, 1.165) is 22.4 Å². The highest BCUT2D eigenvalue weighted by molar-refractivity contribution is 5.92. The predicted molar refractivity (Wildman–Crippen MR) is 126 cm³/mol. The van der Waals surface area contributed by atoms with E-state index in [-0.39, 0.29) is 12.3 Å². The highest BCUT2D eigenvalue weighted by atomic mass is 16.5. The molecule has 0 saturated carbocycles. The van der Waals surface area contributed by atoms with E-state index in [1.54, 1.807) is 13.2 Å². The predicted octanol–water partition coefficient (Wildman–Crippen LogP) is 4.69. The number of hydrogen-bond donors (Lipinski definition) is 2. The van der Waals surface area contributed by atoms with E-state index in [2.05, 4.69) is 36.5 Å². The van der Waals surface area contributed by atoms with Crippen molar-refractivity contribution in [3.8, 4) is 11.5 Å². The number of nitrogens with one attached hydrogen (secondary N) is 1. The van der Waals surface area contributed by atoms with Crippen molar-refractivity contribution >= 4 is 23.7 Å². The number of nitrogens with two attached hydrogens (primary N) is 1. The molecule has 3 aromatic rings. The van der Waals surface area contributed by atoms with E-state index < -0.39 is 0 Å². The fourth-order valence-corrected chi connectivity index (χ4v) is 3.19. The van der Waals surface area contributed by atoms with E-state index in [1.165, 1.54) is 5.56 Å². The second-order valence-corrected chi connectivity index (χ2v) is 7.22. The van der Waals surface area contributed by atoms with Gasteiger partial charge in [0, 0.05) is 12.2 Å². The summed E-state index contributed by atoms with van der Waals surface area (Å²) in [5, 5.41) is 2.96. The lowest BCUT2D eigenvalue weighted by Gasteiger charge is -2.12. The number of methoxy groups -OCH3 is 1. The van der Waals surface area contributed by atoms with Gasteiger partial charge in [-0.25, -0.2) is 0 Å². The molecule has 3 rings (SSSR count). The van der Waals surface area contributed by atoms with Crippen LogP contribution in [0.3, 0.4) is 0 Å². The first-order chi connectivity index (χ1) is 15.1. The maximum Gasteiger partial charge on any atom is 0.228 e. The Balaban J connectivity index is 1.63. The zero-order valence-corrected chi connectivity index (χ0v) is 17.9. The molecule has 0 aliphatic heterocycles. The minimum Gasteiger partial charge on any atom is -0.493 e. The molecular formula is C26H28N2O3. The average molecular weight is 417 g/mol. The summed E-state index contributed by atoms with van der Waals surface area (Å²) in [4.78, 5) is 12.5. The van der Waals surface area contributed by atoms with Crippen LogP contribution in [0.2, 0.25) is 0 Å². The monoisotopic (exact) mass is 416 g/mol. The second-order valence-electron chi connectivity index (χ2n) is 7.22. The number of benzene rings is 3. The van der Waals surface area contributed by atoms with Gasteiger partial charge in [0.1, 0.15) is 6.61 Å². The molecule has 0 aliphatic rings. The molecule has 0 spiro atoms. The topological polar surface area (TPSA) is 73.6 Å². The summed E-state index contributed by atoms with van der Waals surface area (Å²) in [5.74, 6) is 1.10. The van der Waals surface area contributed by atoms with Crippen molar-refractivity contribution in [3.63, 3.8) is 0 Å². The molecule has 0 fully saturated rings. The number of aryl methyl sites for hydroxylation is 1. The van der Waals surface area contributed by atoms with Crippen LogP contribution in [0.4, 0.5) is 5.69 Å². The van der Waals surface area contributed by atoms with Gasteiger partial charge in [0.2, 0.25) is 5.91 Å². The quantitative estimate of drug-likeness (QED) is 0.496. The van der Waals surface area contributed by atoms with Crippen molar-refractivity contribution in [1.82, 2.24) is 0 Å². The number of hydrogen-bond acceptors (Lipinski definition) is 4. The molecule has 0 heterocycles. The Morgan fingerprint density at radius 3 is 2.42 bits per heavy atom. The van der Waals surface area contributed by atoms with Crippen molar-refractivity contribution < 1.29 is 14.3 Å². The van der Waals surface area contributed by atoms with E-state index in [9.17, 15) is 4.79 Å². The largest absolute Gasteiger partial charge is 0.493 e. The maximum atomic E-state index is 12.5. The van der Waals surface area contributed by atoms with Gasteiger partial charge in [-0.05, 0) is 47.9 Å². The van der Waals surface area contributed by atoms with Crippen molar-refractivity contribution in [2.75, 3.05) is 25.6 Å². The first kappa shape index (κ1) is 22.1. The first-order valence-electron chi connectivity index (χ1n) is 10.2. The van der Waals surface area contributed by atoms with Crippen LogP contribution in [0, 0.1) is 6.92 Å². The molecule has 5 heteroatoms. The Labute approximate surface area is 183 Å². The van der Waals surface area contributed by atoms with Crippen LogP contribution >= 0.6 is 0 Å². The molecular weight excluding hydrogens is 388 g/mol. The summed E-state index contributed by atoms with van der Waals surface area (Å²) in [6, 6.07) is 21.5. The summed E-state index contributed by atoms with van der Waals surface area (Å²) in [7, 11) is 1.57. The number of rotatable bonds is 9. The standard InChI is InChI=1S/C26H28N2O3/c1-19-5-3-6-20(15-19)9-10-21-7-4-8-23(16-21)28-26(29)18-22-11-12-24(31-14-13-27)25(17-22)30-2/h3-12,15-17H,13-14,18,27H2,1-2H3,(H,28,29). The Morgan fingerprint density at radius 2 is 1.71 bits per heavy atom. The third kappa shape index (κ3) is 6.73. The number of amides is 1. The third-order valence-electron chi connectivity index (χ3n) is 4.65. The lowest BCUT2D eigenvalue weighted by atomic mass is 10.1. The SMILES string of the molecule is COc1cc(CC(=O)Nc2cccc(C=Cc3cccc(C)c3)c2)ccc1OCCN. The molecule has 0 unspecified atom stereocenters. The van der Waals surface area contributed by atoms with Crippen LogP contribution in [0.5, 0.6) is 11.5 Å². The molecule has 0 radical (unpaired) electrons. The van der Waals surface area contributed by atoms with Crippen LogP contribution < -0.4 is 20.5 Å². The van der Waals surface area contributed by atoms with Gasteiger partial charge in [0.15, 0.2) is 11.5 Å². The van der Waals surface area contributed by atoms with Crippen LogP contribution in [-0.2, 0) is 11.2 Å². The third-order valence-corrected chi connectivity index (χ3v) is 4.65. The number of anilines is 1. The minimum atomic E-state index is -0.0995. The van der Waals surface area contributed by atoms with Gasteiger partial charge in [-0.15, -0.1) is 0 Å². The molecule has 160 valence electrons. The van der Waals surface area contributed by atoms with Crippen molar-refractivity contribution in [2.45, 2.75) is 13.3 Å². The fourth-order valence-electron chi connectivity index (χ4n) is 3.19. The molecule has 5 nitrogen and oxygen atoms in total. The number of carbonyl (C=O) groups excluding carboxylic acids is 1. The van der Waals surface area contributed by atoms with E-state index in [0.29, 0.717) is 24.7 Å². The van der Waals surface area contributed by atoms with Gasteiger partial charge in [-0.2, -0.15) is 0 Å². The summed E-state index contributed by atoms with van der Waals surface area (Å²) in [6.45, 7) is 2.90. The zero-order chi connectivity index (χ0) is 22.1. The Hall–Kier alpha value is -3.57. The lowest BCUT2D eigenvalue weighted by molar-refractivity contribution is -0.115. The summed E-state index contributed by atoms with van der Waals surface area (Å²) >= 11 is 0. The molecule has 0 aromatic heterocycles. The zero-order valence-electron chi connectivity index (χ0n) is 17.9. The minimum absolute atomic E-state index is 0.0995. The van der Waals surface area contributed by atoms with Gasteiger partial charge < -0.3 is 20.5 Å². The average Bonchev–Trinajstić information content (AvgIpc) is 2.77. The van der Waals surface area contributed by atoms with Crippen LogP contribution in [0.1, 0.15) is 22.3 Å². The fraction of sp³-hybridized carbons (Fsp3) is 0.192. The van der Waals surface area contributed by atoms with E-state index in [1.807, 2.05) is 48.5 Å². The highest BCUT2D eigenvalue weighted by Gasteiger charge is 2.09. The first-order valence-corrected chi connectivity index (χ1v) is 10.2. The van der Waals surface area contributed by atoms with Crippen LogP contribution in [-0.4, -0.2) is 26.2 Å². The molecule has 3 N–H and O–H groups in total. The van der Waals surface area contributed by atoms with Gasteiger partial charge in [-0.1, -0.05) is 60.2 Å². The molecule has 3 aromatic carbocycles. The van der Waals surface area contributed by atoms with Gasteiger partial charge >= 0.3 is 0 Å². The van der Waals surface area contributed by atoms with Gasteiger partial charge in [0.25, 0.3) is 0 Å². The highest BCUT2D eigenvalue weighted by Crippen LogP contribution is 2.28. The summed E-state index contributed by atoms with van der Waals surface area (Å²) < 4.78 is 10.9. The van der Waals surface area contributed by atoms with Crippen molar-refractivity contribution in [1.29, 1.82) is 0 Å². The van der Waals surface area contributed by atoms with E-state index >= 15 is 0 Å². The number of carbonyl (C=O) groups is 1. The van der Waals surface area contributed by atoms with Crippen molar-refractivity contribution in [2.24, 2.45) is 5.73 Å². The Morgan fingerprint density at radius 1 is 0.968 bits per heavy atom. The molecule has 1 amide bonds. The van der Waals surface area contributed by atoms with Gasteiger partial charge in [0.05, 0.1) is 13.5 Å². The second kappa shape index (κ2) is 11.0. The molecule has 0 aliphatic carbocycles. The van der Waals surface area contributed by atoms with E-state index in [4.69, 9.17) is 15.2 Å². The number of ether oxygens (including phenoxy) is 2. The summed E-state index contributed by atoms with van der Waals surface area (Å²) in [5.41, 5.74) is 10.5. The normalized spacial score (nSPS) is 10.8. The Bertz CT molecular complexity index is 1060. The van der Waals surface area contributed by atoms with Crippen LogP contribution in [0.15, 0.2) is 66.7 Å². The van der Waals surface area contributed by atoms with Crippen LogP contribution in [0.25, 0.3) is 12.2 Å². The lowest BCUT2D eigenvalue weighted by Crippen LogP contribution is -2.14. The maximum absolute atomic E-state index is 12.5. The summed E-state index contributed by atoms with van der Waals surface area (Å²) in [6.07, 6.45) is 4.33. The smallest absolute Gasteiger partial charge is 0.228 e. The molecule has 0 bridgehead atoms.